The molecule has 0 atom stereocenters. The van der Waals surface area contributed by atoms with Crippen LogP contribution in [0.5, 0.6) is 0 Å². The van der Waals surface area contributed by atoms with Crippen molar-refractivity contribution in [1.29, 1.82) is 0 Å². The summed E-state index contributed by atoms with van der Waals surface area (Å²) in [6, 6.07) is 0. The number of hydrogen-bond acceptors (Lipinski definition) is 4. The van der Waals surface area contributed by atoms with E-state index in [-0.39, 0.29) is 5.75 Å². The Kier molecular flexibility index (Phi) is 3.93. The lowest BCUT2D eigenvalue weighted by Crippen LogP contribution is -2.19. The first kappa shape index (κ1) is 14.4. The number of aliphatic carboxylic acids is 1. The first-order valence-electron chi connectivity index (χ1n) is 7.36. The number of fused-ring (bicyclic) bond motifs is 1. The summed E-state index contributed by atoms with van der Waals surface area (Å²) < 4.78 is 4.05. The van der Waals surface area contributed by atoms with Crippen molar-refractivity contribution >= 4 is 28.9 Å². The third kappa shape index (κ3) is 2.66. The Labute approximate surface area is 127 Å². The summed E-state index contributed by atoms with van der Waals surface area (Å²) in [6.45, 7) is 2.98. The highest BCUT2D eigenvalue weighted by molar-refractivity contribution is 7.99. The number of carbonyl (C=O) groups is 1. The van der Waals surface area contributed by atoms with Gasteiger partial charge >= 0.3 is 5.97 Å². The molecule has 1 aliphatic rings. The summed E-state index contributed by atoms with van der Waals surface area (Å²) in [5.41, 5.74) is 2.93. The lowest BCUT2D eigenvalue weighted by atomic mass is 9.85. The van der Waals surface area contributed by atoms with Gasteiger partial charge in [-0.25, -0.2) is 4.98 Å². The van der Waals surface area contributed by atoms with E-state index in [1.165, 1.54) is 31.0 Å². The quantitative estimate of drug-likeness (QED) is 0.829. The summed E-state index contributed by atoms with van der Waals surface area (Å²) in [7, 11) is 1.94. The predicted octanol–water partition coefficient (Wildman–Crippen LogP) is 2.31. The van der Waals surface area contributed by atoms with E-state index in [1.54, 1.807) is 0 Å². The maximum atomic E-state index is 10.8. The molecule has 0 spiro atoms. The summed E-state index contributed by atoms with van der Waals surface area (Å²) in [5, 5.41) is 14.2. The zero-order valence-corrected chi connectivity index (χ0v) is 13.2. The Morgan fingerprint density at radius 2 is 2.24 bits per heavy atom. The van der Waals surface area contributed by atoms with Gasteiger partial charge < -0.3 is 9.67 Å². The number of aryl methyl sites for hydroxylation is 2. The molecular weight excluding hydrogens is 288 g/mol. The van der Waals surface area contributed by atoms with Crippen LogP contribution in [-0.4, -0.2) is 36.2 Å². The van der Waals surface area contributed by atoms with Crippen LogP contribution in [0.2, 0.25) is 0 Å². The monoisotopic (exact) mass is 308 g/mol. The number of carboxylic acid groups (broad SMARTS) is 1. The molecule has 2 aromatic heterocycles. The maximum absolute atomic E-state index is 10.8. The van der Waals surface area contributed by atoms with E-state index >= 15 is 0 Å². The van der Waals surface area contributed by atoms with Crippen molar-refractivity contribution < 1.29 is 9.90 Å². The molecule has 0 radical (unpaired) electrons. The van der Waals surface area contributed by atoms with Crippen LogP contribution in [0, 0.1) is 5.92 Å². The Balaban J connectivity index is 2.01. The second-order valence-corrected chi connectivity index (χ2v) is 6.52. The average molecular weight is 308 g/mol. The molecule has 21 heavy (non-hydrogen) atoms. The SMILES string of the molecule is CCc1nn(C)c2c1nc(SCC(=O)O)n2CC1CCC1. The predicted molar refractivity (Wildman–Crippen MR) is 81.6 cm³/mol. The smallest absolute Gasteiger partial charge is 0.313 e. The van der Waals surface area contributed by atoms with Gasteiger partial charge in [0.15, 0.2) is 10.8 Å². The van der Waals surface area contributed by atoms with Crippen LogP contribution in [0.15, 0.2) is 5.16 Å². The topological polar surface area (TPSA) is 72.9 Å². The second-order valence-electron chi connectivity index (χ2n) is 5.58. The molecule has 114 valence electrons. The fourth-order valence-electron chi connectivity index (χ4n) is 2.79. The highest BCUT2D eigenvalue weighted by Gasteiger charge is 2.24. The highest BCUT2D eigenvalue weighted by Crippen LogP contribution is 2.32. The Bertz CT molecular complexity index is 672. The van der Waals surface area contributed by atoms with E-state index in [4.69, 9.17) is 5.11 Å². The summed E-state index contributed by atoms with van der Waals surface area (Å²) in [6.07, 6.45) is 4.63. The number of thioether (sulfide) groups is 1. The van der Waals surface area contributed by atoms with Crippen molar-refractivity contribution in [2.45, 2.75) is 44.3 Å². The number of nitrogens with zero attached hydrogens (tertiary/aromatic N) is 4. The van der Waals surface area contributed by atoms with E-state index in [0.717, 1.165) is 35.0 Å². The normalized spacial score (nSPS) is 15.5. The van der Waals surface area contributed by atoms with E-state index in [2.05, 4.69) is 21.6 Å². The molecule has 2 heterocycles. The number of aromatic nitrogens is 4. The van der Waals surface area contributed by atoms with E-state index in [9.17, 15) is 4.79 Å². The molecule has 7 heteroatoms. The molecule has 0 amide bonds. The molecule has 1 fully saturated rings. The Morgan fingerprint density at radius 3 is 2.81 bits per heavy atom. The first-order valence-corrected chi connectivity index (χ1v) is 8.35. The van der Waals surface area contributed by atoms with Crippen LogP contribution in [0.1, 0.15) is 31.9 Å². The van der Waals surface area contributed by atoms with Crippen molar-refractivity contribution in [2.75, 3.05) is 5.75 Å². The summed E-state index contributed by atoms with van der Waals surface area (Å²) in [4.78, 5) is 15.5. The molecule has 1 saturated carbocycles. The van der Waals surface area contributed by atoms with Gasteiger partial charge in [-0.15, -0.1) is 0 Å². The lowest BCUT2D eigenvalue weighted by Gasteiger charge is -2.26. The minimum absolute atomic E-state index is 0.0445. The molecule has 0 aliphatic heterocycles. The van der Waals surface area contributed by atoms with Crippen molar-refractivity contribution in [3.63, 3.8) is 0 Å². The van der Waals surface area contributed by atoms with Gasteiger partial charge in [0, 0.05) is 13.6 Å². The zero-order chi connectivity index (χ0) is 15.0. The van der Waals surface area contributed by atoms with Crippen molar-refractivity contribution in [2.24, 2.45) is 13.0 Å². The van der Waals surface area contributed by atoms with Crippen molar-refractivity contribution in [3.05, 3.63) is 5.69 Å². The van der Waals surface area contributed by atoms with Crippen molar-refractivity contribution in [3.8, 4) is 0 Å². The molecule has 2 aromatic rings. The van der Waals surface area contributed by atoms with Gasteiger partial charge in [0.05, 0.1) is 11.4 Å². The first-order chi connectivity index (χ1) is 10.1. The van der Waals surface area contributed by atoms with Crippen LogP contribution in [0.4, 0.5) is 0 Å². The number of imidazole rings is 1. The lowest BCUT2D eigenvalue weighted by molar-refractivity contribution is -0.133. The molecule has 0 unspecified atom stereocenters. The minimum Gasteiger partial charge on any atom is -0.481 e. The molecule has 6 nitrogen and oxygen atoms in total. The Hall–Kier alpha value is -1.50. The van der Waals surface area contributed by atoms with Crippen LogP contribution in [0.25, 0.3) is 11.2 Å². The van der Waals surface area contributed by atoms with Gasteiger partial charge in [-0.2, -0.15) is 5.10 Å². The molecular formula is C14H20N4O2S. The second kappa shape index (κ2) is 5.71. The molecule has 3 rings (SSSR count). The molecule has 0 bridgehead atoms. The number of hydrogen-bond donors (Lipinski definition) is 1. The van der Waals surface area contributed by atoms with Crippen LogP contribution < -0.4 is 0 Å². The maximum Gasteiger partial charge on any atom is 0.313 e. The van der Waals surface area contributed by atoms with E-state index in [1.807, 2.05) is 11.7 Å². The summed E-state index contributed by atoms with van der Waals surface area (Å²) >= 11 is 1.30. The molecule has 1 N–H and O–H groups in total. The van der Waals surface area contributed by atoms with E-state index in [0.29, 0.717) is 5.92 Å². The minimum atomic E-state index is -0.809. The third-order valence-corrected chi connectivity index (χ3v) is 5.04. The van der Waals surface area contributed by atoms with E-state index < -0.39 is 5.97 Å². The van der Waals surface area contributed by atoms with Gasteiger partial charge in [0.1, 0.15) is 5.52 Å². The average Bonchev–Trinajstić information content (AvgIpc) is 2.89. The van der Waals surface area contributed by atoms with Gasteiger partial charge in [0.2, 0.25) is 0 Å². The standard InChI is InChI=1S/C14H20N4O2S/c1-3-10-12-13(17(2)16-10)18(7-9-5-4-6-9)14(15-12)21-8-11(19)20/h9H,3-8H2,1-2H3,(H,19,20). The molecule has 1 aliphatic carbocycles. The van der Waals surface area contributed by atoms with Crippen LogP contribution in [0.3, 0.4) is 0 Å². The fourth-order valence-corrected chi connectivity index (χ4v) is 3.52. The fraction of sp³-hybridized carbons (Fsp3) is 0.643. The van der Waals surface area contributed by atoms with Gasteiger partial charge in [-0.3, -0.25) is 9.48 Å². The molecule has 0 saturated heterocycles. The van der Waals surface area contributed by atoms with Gasteiger partial charge in [-0.05, 0) is 25.2 Å². The number of carboxylic acids is 1. The largest absolute Gasteiger partial charge is 0.481 e. The zero-order valence-electron chi connectivity index (χ0n) is 12.4. The number of rotatable bonds is 6. The van der Waals surface area contributed by atoms with Crippen molar-refractivity contribution in [1.82, 2.24) is 19.3 Å². The third-order valence-electron chi connectivity index (χ3n) is 4.08. The highest BCUT2D eigenvalue weighted by atomic mass is 32.2. The summed E-state index contributed by atoms with van der Waals surface area (Å²) in [5.74, 6) is -0.0780. The van der Waals surface area contributed by atoms with Crippen LogP contribution >= 0.6 is 11.8 Å². The Morgan fingerprint density at radius 1 is 1.48 bits per heavy atom. The molecule has 0 aromatic carbocycles. The van der Waals surface area contributed by atoms with Gasteiger partial charge in [0.25, 0.3) is 0 Å². The van der Waals surface area contributed by atoms with Gasteiger partial charge in [-0.1, -0.05) is 25.1 Å². The van der Waals surface area contributed by atoms with Crippen LogP contribution in [-0.2, 0) is 24.8 Å².